The number of piperazine rings is 1. The third kappa shape index (κ3) is 7.55. The Bertz CT molecular complexity index is 1790. The number of nitrogens with zero attached hydrogens (tertiary/aromatic N) is 5. The lowest BCUT2D eigenvalue weighted by Crippen LogP contribution is -2.50. The van der Waals surface area contributed by atoms with Crippen LogP contribution in [0.2, 0.25) is 0 Å². The highest BCUT2D eigenvalue weighted by molar-refractivity contribution is 7.98. The summed E-state index contributed by atoms with van der Waals surface area (Å²) in [5.74, 6) is -4.01. The summed E-state index contributed by atoms with van der Waals surface area (Å²) in [5, 5.41) is 10.1. The molecule has 2 aromatic heterocycles. The highest BCUT2D eigenvalue weighted by atomic mass is 32.2. The number of benzene rings is 2. The summed E-state index contributed by atoms with van der Waals surface area (Å²) in [5.41, 5.74) is 1.43. The summed E-state index contributed by atoms with van der Waals surface area (Å²) in [6.07, 6.45) is -4.86. The van der Waals surface area contributed by atoms with Gasteiger partial charge in [0.25, 0.3) is 5.91 Å². The lowest BCUT2D eigenvalue weighted by molar-refractivity contribution is -0.171. The van der Waals surface area contributed by atoms with Crippen molar-refractivity contribution in [2.24, 2.45) is 0 Å². The van der Waals surface area contributed by atoms with E-state index in [9.17, 15) is 31.5 Å². The Morgan fingerprint density at radius 1 is 1.02 bits per heavy atom. The van der Waals surface area contributed by atoms with E-state index in [1.165, 1.54) is 36.0 Å². The third-order valence-corrected chi connectivity index (χ3v) is 9.30. The molecule has 2 aromatic carbocycles. The van der Waals surface area contributed by atoms with Crippen molar-refractivity contribution >= 4 is 51.8 Å². The number of thioether (sulfide) groups is 1. The second-order valence-corrected chi connectivity index (χ2v) is 12.6. The maximum atomic E-state index is 14.1. The van der Waals surface area contributed by atoms with Crippen LogP contribution in [0.5, 0.6) is 0 Å². The van der Waals surface area contributed by atoms with Crippen LogP contribution >= 0.6 is 11.8 Å². The molecule has 0 radical (unpaired) electrons. The highest BCUT2D eigenvalue weighted by Gasteiger charge is 2.46. The van der Waals surface area contributed by atoms with Gasteiger partial charge in [-0.3, -0.25) is 14.7 Å². The monoisotopic (exact) mass is 689 g/mol. The molecule has 0 saturated carbocycles. The van der Waals surface area contributed by atoms with Crippen molar-refractivity contribution in [2.45, 2.75) is 35.8 Å². The van der Waals surface area contributed by atoms with Crippen molar-refractivity contribution < 1.29 is 36.3 Å². The van der Waals surface area contributed by atoms with Crippen molar-refractivity contribution in [1.29, 1.82) is 0 Å². The molecule has 2 N–H and O–H groups in total. The van der Waals surface area contributed by atoms with E-state index in [4.69, 9.17) is 4.74 Å². The van der Waals surface area contributed by atoms with Gasteiger partial charge in [0.2, 0.25) is 0 Å². The molecule has 254 valence electrons. The largest absolute Gasteiger partial charge is 0.471 e. The molecule has 16 heteroatoms. The molecule has 2 aliphatic heterocycles. The fraction of sp³-hybridized carbons (Fsp3) is 0.375. The van der Waals surface area contributed by atoms with Gasteiger partial charge in [0.15, 0.2) is 5.82 Å². The number of pyridine rings is 1. The Hall–Kier alpha value is -4.28. The Morgan fingerprint density at radius 2 is 1.73 bits per heavy atom. The molecule has 0 aliphatic carbocycles. The summed E-state index contributed by atoms with van der Waals surface area (Å²) in [7, 11) is 1.98. The SMILES string of the molecule is CN1CCN(c2ccc(C(=O)Nc3n[nH]c4ccc(SCc5cc(F)cc(F)c5)nc34)c(N(C(=O)C(F)(F)F)C3CCOCC3)c2)CC1. The summed E-state index contributed by atoms with van der Waals surface area (Å²) in [6.45, 7) is 3.05. The summed E-state index contributed by atoms with van der Waals surface area (Å²) < 4.78 is 75.0. The molecule has 0 spiro atoms. The van der Waals surface area contributed by atoms with E-state index >= 15 is 0 Å². The molecule has 2 amide bonds. The molecule has 0 atom stereocenters. The minimum atomic E-state index is -5.19. The molecule has 2 fully saturated rings. The van der Waals surface area contributed by atoms with Crippen molar-refractivity contribution in [1.82, 2.24) is 20.1 Å². The molecule has 2 saturated heterocycles. The number of anilines is 3. The molecule has 0 unspecified atom stereocenters. The van der Waals surface area contributed by atoms with Gasteiger partial charge in [-0.1, -0.05) is 0 Å². The number of rotatable bonds is 8. The summed E-state index contributed by atoms with van der Waals surface area (Å²) in [6, 6.07) is 10.3. The lowest BCUT2D eigenvalue weighted by Gasteiger charge is -2.37. The number of amides is 2. The summed E-state index contributed by atoms with van der Waals surface area (Å²) >= 11 is 1.21. The Kier molecular flexibility index (Phi) is 9.85. The normalized spacial score (nSPS) is 16.3. The quantitative estimate of drug-likeness (QED) is 0.182. The molecule has 48 heavy (non-hydrogen) atoms. The number of aromatic amines is 1. The molecule has 2 aliphatic rings. The highest BCUT2D eigenvalue weighted by Crippen LogP contribution is 2.36. The van der Waals surface area contributed by atoms with Gasteiger partial charge in [0, 0.05) is 62.9 Å². The van der Waals surface area contributed by atoms with Gasteiger partial charge in [0.05, 0.1) is 21.8 Å². The first-order chi connectivity index (χ1) is 23.0. The number of alkyl halides is 3. The zero-order chi connectivity index (χ0) is 34.0. The minimum Gasteiger partial charge on any atom is -0.381 e. The zero-order valence-electron chi connectivity index (χ0n) is 25.8. The molecular weight excluding hydrogens is 657 g/mol. The number of halogens is 5. The van der Waals surface area contributed by atoms with Crippen LogP contribution in [0.1, 0.15) is 28.8 Å². The number of hydrogen-bond acceptors (Lipinski definition) is 8. The number of hydrogen-bond donors (Lipinski definition) is 2. The average Bonchev–Trinajstić information content (AvgIpc) is 3.45. The number of nitrogens with one attached hydrogen (secondary N) is 2. The summed E-state index contributed by atoms with van der Waals surface area (Å²) in [4.78, 5) is 36.3. The average molecular weight is 690 g/mol. The predicted octanol–water partition coefficient (Wildman–Crippen LogP) is 5.61. The number of aromatic nitrogens is 3. The Labute approximate surface area is 276 Å². The Balaban J connectivity index is 1.33. The van der Waals surface area contributed by atoms with Crippen LogP contribution in [-0.4, -0.2) is 90.6 Å². The molecular formula is C32H32F5N7O3S. The maximum absolute atomic E-state index is 14.1. The molecule has 4 aromatic rings. The van der Waals surface area contributed by atoms with Crippen molar-refractivity contribution in [3.05, 3.63) is 71.3 Å². The van der Waals surface area contributed by atoms with Crippen LogP contribution in [0.25, 0.3) is 11.0 Å². The van der Waals surface area contributed by atoms with Crippen LogP contribution < -0.4 is 15.1 Å². The second-order valence-electron chi connectivity index (χ2n) is 11.6. The van der Waals surface area contributed by atoms with Crippen LogP contribution in [0.4, 0.5) is 39.1 Å². The second kappa shape index (κ2) is 14.1. The van der Waals surface area contributed by atoms with Crippen LogP contribution in [-0.2, 0) is 15.3 Å². The first-order valence-corrected chi connectivity index (χ1v) is 16.2. The number of likely N-dealkylation sites (N-methyl/N-ethyl adjacent to an activating group) is 1. The molecule has 0 bridgehead atoms. The van der Waals surface area contributed by atoms with Crippen molar-refractivity contribution in [3.8, 4) is 0 Å². The number of carbonyl (C=O) groups excluding carboxylic acids is 2. The van der Waals surface area contributed by atoms with E-state index in [2.05, 4.69) is 25.4 Å². The van der Waals surface area contributed by atoms with Crippen molar-refractivity contribution in [3.63, 3.8) is 0 Å². The van der Waals surface area contributed by atoms with Crippen LogP contribution in [0, 0.1) is 11.6 Å². The van der Waals surface area contributed by atoms with Crippen LogP contribution in [0.3, 0.4) is 0 Å². The third-order valence-electron chi connectivity index (χ3n) is 8.29. The van der Waals surface area contributed by atoms with Gasteiger partial charge < -0.3 is 24.8 Å². The van der Waals surface area contributed by atoms with E-state index in [1.807, 2.05) is 11.9 Å². The number of fused-ring (bicyclic) bond motifs is 1. The van der Waals surface area contributed by atoms with Gasteiger partial charge in [0.1, 0.15) is 17.2 Å². The fourth-order valence-electron chi connectivity index (χ4n) is 5.80. The van der Waals surface area contributed by atoms with Gasteiger partial charge in [-0.15, -0.1) is 11.8 Å². The lowest BCUT2D eigenvalue weighted by atomic mass is 10.0. The fourth-order valence-corrected chi connectivity index (χ4v) is 6.60. The van der Waals surface area contributed by atoms with Gasteiger partial charge in [-0.05, 0) is 67.9 Å². The van der Waals surface area contributed by atoms with Crippen molar-refractivity contribution in [2.75, 3.05) is 61.6 Å². The minimum absolute atomic E-state index is 0.0168. The maximum Gasteiger partial charge on any atom is 0.471 e. The Morgan fingerprint density at radius 3 is 2.42 bits per heavy atom. The van der Waals surface area contributed by atoms with E-state index in [0.29, 0.717) is 39.8 Å². The number of ether oxygens (including phenoxy) is 1. The molecule has 6 rings (SSSR count). The number of carbonyl (C=O) groups is 2. The standard InChI is InChI=1S/C32H32F5N7O3S/c1-42-8-10-43(11-9-42)23-2-3-24(26(17-23)44(31(46)32(35,36)37)22-6-12-47-13-7-22)30(45)39-29-28-25(40-41-29)4-5-27(38-28)48-18-19-14-20(33)16-21(34)15-19/h2-5,14-17,22H,6-13,18H2,1H3,(H2,39,40,41,45). The van der Waals surface area contributed by atoms with E-state index in [1.54, 1.807) is 18.2 Å². The number of H-pyrrole nitrogens is 1. The van der Waals surface area contributed by atoms with Crippen LogP contribution in [0.15, 0.2) is 53.6 Å². The van der Waals surface area contributed by atoms with E-state index in [-0.39, 0.29) is 54.4 Å². The topological polar surface area (TPSA) is 107 Å². The predicted molar refractivity (Wildman–Crippen MR) is 171 cm³/mol. The van der Waals surface area contributed by atoms with E-state index < -0.39 is 35.7 Å². The first-order valence-electron chi connectivity index (χ1n) is 15.3. The zero-order valence-corrected chi connectivity index (χ0v) is 26.6. The van der Waals surface area contributed by atoms with Gasteiger partial charge in [-0.2, -0.15) is 18.3 Å². The molecule has 4 heterocycles. The smallest absolute Gasteiger partial charge is 0.381 e. The van der Waals surface area contributed by atoms with E-state index in [0.717, 1.165) is 19.2 Å². The molecule has 10 nitrogen and oxygen atoms in total. The van der Waals surface area contributed by atoms with Gasteiger partial charge in [-0.25, -0.2) is 13.8 Å². The van der Waals surface area contributed by atoms with Gasteiger partial charge >= 0.3 is 12.1 Å². The first kappa shape index (κ1) is 33.6.